The van der Waals surface area contributed by atoms with Crippen molar-refractivity contribution in [2.45, 2.75) is 26.3 Å². The van der Waals surface area contributed by atoms with Crippen LogP contribution < -0.4 is 9.47 Å². The molecule has 2 rings (SSSR count). The molecule has 9 heteroatoms. The average molecular weight is 399 g/mol. The van der Waals surface area contributed by atoms with Crippen LogP contribution in [0.5, 0.6) is 11.5 Å². The van der Waals surface area contributed by atoms with Crippen LogP contribution in [0.2, 0.25) is 0 Å². The molecule has 1 saturated heterocycles. The first-order chi connectivity index (χ1) is 12.8. The van der Waals surface area contributed by atoms with Gasteiger partial charge in [-0.15, -0.1) is 0 Å². The zero-order valence-corrected chi connectivity index (χ0v) is 16.6. The number of esters is 1. The lowest BCUT2D eigenvalue weighted by molar-refractivity contribution is -0.136. The summed E-state index contributed by atoms with van der Waals surface area (Å²) in [7, 11) is -1.64. The summed E-state index contributed by atoms with van der Waals surface area (Å²) >= 11 is 0. The van der Waals surface area contributed by atoms with Gasteiger partial charge in [-0.1, -0.05) is 0 Å². The van der Waals surface area contributed by atoms with Gasteiger partial charge < -0.3 is 19.1 Å². The van der Waals surface area contributed by atoms with Crippen LogP contribution in [0.3, 0.4) is 0 Å². The quantitative estimate of drug-likeness (QED) is 0.607. The SMILES string of the molecule is CCOc1ccc(C(=O)OCC(=O)N(CC)[C@H]2CCS(=O)(=O)C2)cc1OC. The predicted molar refractivity (Wildman–Crippen MR) is 98.9 cm³/mol. The summed E-state index contributed by atoms with van der Waals surface area (Å²) in [5.41, 5.74) is 0.231. The van der Waals surface area contributed by atoms with Gasteiger partial charge in [0.25, 0.3) is 5.91 Å². The van der Waals surface area contributed by atoms with Crippen LogP contribution in [0.25, 0.3) is 0 Å². The zero-order chi connectivity index (χ0) is 20.0. The zero-order valence-electron chi connectivity index (χ0n) is 15.8. The van der Waals surface area contributed by atoms with Gasteiger partial charge in [-0.25, -0.2) is 13.2 Å². The molecule has 0 spiro atoms. The average Bonchev–Trinajstić information content (AvgIpc) is 3.00. The lowest BCUT2D eigenvalue weighted by Gasteiger charge is -2.26. The van der Waals surface area contributed by atoms with Crippen molar-refractivity contribution in [2.75, 3.05) is 38.4 Å². The highest BCUT2D eigenvalue weighted by molar-refractivity contribution is 7.91. The Kier molecular flexibility index (Phi) is 7.06. The molecule has 0 saturated carbocycles. The van der Waals surface area contributed by atoms with E-state index in [0.717, 1.165) is 0 Å². The number of sulfone groups is 1. The Morgan fingerprint density at radius 2 is 1.96 bits per heavy atom. The molecule has 1 heterocycles. The minimum Gasteiger partial charge on any atom is -0.493 e. The van der Waals surface area contributed by atoms with Crippen molar-refractivity contribution in [1.82, 2.24) is 4.90 Å². The van der Waals surface area contributed by atoms with E-state index in [1.54, 1.807) is 13.0 Å². The van der Waals surface area contributed by atoms with Crippen molar-refractivity contribution in [3.63, 3.8) is 0 Å². The number of carbonyl (C=O) groups is 2. The third-order valence-electron chi connectivity index (χ3n) is 4.34. The number of rotatable bonds is 8. The normalized spacial score (nSPS) is 18.0. The monoisotopic (exact) mass is 399 g/mol. The number of ether oxygens (including phenoxy) is 3. The van der Waals surface area contributed by atoms with Gasteiger partial charge in [-0.2, -0.15) is 0 Å². The first-order valence-corrected chi connectivity index (χ1v) is 10.6. The molecule has 150 valence electrons. The lowest BCUT2D eigenvalue weighted by Crippen LogP contribution is -2.43. The number of carbonyl (C=O) groups excluding carboxylic acids is 2. The molecule has 8 nitrogen and oxygen atoms in total. The van der Waals surface area contributed by atoms with Gasteiger partial charge in [-0.05, 0) is 38.5 Å². The molecular formula is C18H25NO7S. The number of hydrogen-bond donors (Lipinski definition) is 0. The summed E-state index contributed by atoms with van der Waals surface area (Å²) in [6, 6.07) is 4.25. The van der Waals surface area contributed by atoms with Gasteiger partial charge in [0.1, 0.15) is 0 Å². The highest BCUT2D eigenvalue weighted by atomic mass is 32.2. The van der Waals surface area contributed by atoms with E-state index in [2.05, 4.69) is 0 Å². The second-order valence-corrected chi connectivity index (χ2v) is 8.34. The van der Waals surface area contributed by atoms with E-state index in [-0.39, 0.29) is 23.1 Å². The number of methoxy groups -OCH3 is 1. The Morgan fingerprint density at radius 3 is 2.52 bits per heavy atom. The molecule has 0 radical (unpaired) electrons. The van der Waals surface area contributed by atoms with Crippen molar-refractivity contribution in [3.05, 3.63) is 23.8 Å². The maximum Gasteiger partial charge on any atom is 0.338 e. The van der Waals surface area contributed by atoms with Crippen LogP contribution in [0.4, 0.5) is 0 Å². The van der Waals surface area contributed by atoms with Gasteiger partial charge in [0, 0.05) is 12.6 Å². The fourth-order valence-electron chi connectivity index (χ4n) is 3.02. The largest absolute Gasteiger partial charge is 0.493 e. The second kappa shape index (κ2) is 9.07. The van der Waals surface area contributed by atoms with Crippen LogP contribution in [0, 0.1) is 0 Å². The second-order valence-electron chi connectivity index (χ2n) is 6.11. The maximum atomic E-state index is 12.4. The number of hydrogen-bond acceptors (Lipinski definition) is 7. The van der Waals surface area contributed by atoms with E-state index in [0.29, 0.717) is 31.1 Å². The molecule has 1 aromatic rings. The Bertz CT molecular complexity index is 791. The number of nitrogens with zero attached hydrogens (tertiary/aromatic N) is 1. The molecule has 1 aromatic carbocycles. The first-order valence-electron chi connectivity index (χ1n) is 8.79. The minimum absolute atomic E-state index is 0.0450. The lowest BCUT2D eigenvalue weighted by atomic mass is 10.2. The van der Waals surface area contributed by atoms with Gasteiger partial charge in [0.05, 0.1) is 30.8 Å². The predicted octanol–water partition coefficient (Wildman–Crippen LogP) is 1.29. The number of amides is 1. The molecule has 0 N–H and O–H groups in total. The van der Waals surface area contributed by atoms with Crippen LogP contribution in [0.15, 0.2) is 18.2 Å². The molecule has 0 bridgehead atoms. The summed E-state index contributed by atoms with van der Waals surface area (Å²) in [5, 5.41) is 0. The smallest absolute Gasteiger partial charge is 0.338 e. The van der Waals surface area contributed by atoms with Gasteiger partial charge in [0.15, 0.2) is 27.9 Å². The minimum atomic E-state index is -3.10. The summed E-state index contributed by atoms with van der Waals surface area (Å²) in [4.78, 5) is 26.1. The van der Waals surface area contributed by atoms with E-state index < -0.39 is 28.3 Å². The maximum absolute atomic E-state index is 12.4. The highest BCUT2D eigenvalue weighted by Crippen LogP contribution is 2.28. The molecule has 0 aliphatic carbocycles. The van der Waals surface area contributed by atoms with Crippen molar-refractivity contribution in [3.8, 4) is 11.5 Å². The molecule has 1 atom stereocenters. The Balaban J connectivity index is 1.98. The van der Waals surface area contributed by atoms with Crippen molar-refractivity contribution < 1.29 is 32.2 Å². The van der Waals surface area contributed by atoms with Crippen molar-refractivity contribution in [2.24, 2.45) is 0 Å². The Labute approximate surface area is 159 Å². The van der Waals surface area contributed by atoms with Crippen LogP contribution in [-0.4, -0.2) is 69.6 Å². The summed E-state index contributed by atoms with van der Waals surface area (Å²) < 4.78 is 38.9. The third kappa shape index (κ3) is 5.35. The number of benzene rings is 1. The van der Waals surface area contributed by atoms with Gasteiger partial charge >= 0.3 is 5.97 Å². The fourth-order valence-corrected chi connectivity index (χ4v) is 4.75. The molecule has 1 aliphatic rings. The van der Waals surface area contributed by atoms with E-state index >= 15 is 0 Å². The molecule has 1 aliphatic heterocycles. The van der Waals surface area contributed by atoms with Crippen molar-refractivity contribution >= 4 is 21.7 Å². The first kappa shape index (κ1) is 21.0. The standard InChI is InChI=1S/C18H25NO7S/c1-4-19(14-8-9-27(22,23)12-14)17(20)11-26-18(21)13-6-7-15(25-5-2)16(10-13)24-3/h6-7,10,14H,4-5,8-9,11-12H2,1-3H3/t14-/m0/s1. The molecule has 0 unspecified atom stereocenters. The van der Waals surface area contributed by atoms with E-state index in [1.165, 1.54) is 24.1 Å². The topological polar surface area (TPSA) is 99.2 Å². The summed E-state index contributed by atoms with van der Waals surface area (Å²) in [6.45, 7) is 3.97. The Morgan fingerprint density at radius 1 is 1.22 bits per heavy atom. The molecule has 1 amide bonds. The Hall–Kier alpha value is -2.29. The molecule has 27 heavy (non-hydrogen) atoms. The summed E-state index contributed by atoms with van der Waals surface area (Å²) in [5.74, 6) is -0.147. The number of likely N-dealkylation sites (N-methyl/N-ethyl adjacent to an activating group) is 1. The molecule has 0 aromatic heterocycles. The van der Waals surface area contributed by atoms with Gasteiger partial charge in [0.2, 0.25) is 0 Å². The summed E-state index contributed by atoms with van der Waals surface area (Å²) in [6.07, 6.45) is 0.409. The van der Waals surface area contributed by atoms with Crippen LogP contribution >= 0.6 is 0 Å². The van der Waals surface area contributed by atoms with Crippen LogP contribution in [-0.2, 0) is 19.4 Å². The molecular weight excluding hydrogens is 374 g/mol. The van der Waals surface area contributed by atoms with E-state index in [9.17, 15) is 18.0 Å². The fraction of sp³-hybridized carbons (Fsp3) is 0.556. The highest BCUT2D eigenvalue weighted by Gasteiger charge is 2.34. The van der Waals surface area contributed by atoms with Crippen molar-refractivity contribution in [1.29, 1.82) is 0 Å². The molecule has 1 fully saturated rings. The van der Waals surface area contributed by atoms with Gasteiger partial charge in [-0.3, -0.25) is 4.79 Å². The van der Waals surface area contributed by atoms with E-state index in [4.69, 9.17) is 14.2 Å². The van der Waals surface area contributed by atoms with Crippen LogP contribution in [0.1, 0.15) is 30.6 Å². The van der Waals surface area contributed by atoms with E-state index in [1.807, 2.05) is 6.92 Å². The third-order valence-corrected chi connectivity index (χ3v) is 6.09.